The minimum Gasteiger partial charge on any atom is -0.507 e. The van der Waals surface area contributed by atoms with Crippen molar-refractivity contribution in [1.82, 2.24) is 0 Å². The Balaban J connectivity index is 1.48. The van der Waals surface area contributed by atoms with Gasteiger partial charge in [-0.1, -0.05) is 107 Å². The first-order chi connectivity index (χ1) is 20.3. The third kappa shape index (κ3) is 8.08. The number of hydrogen-bond acceptors (Lipinski definition) is 8. The van der Waals surface area contributed by atoms with E-state index in [-0.39, 0.29) is 71.9 Å². The molecule has 2 aliphatic heterocycles. The third-order valence-corrected chi connectivity index (χ3v) is 12.2. The molecule has 0 radical (unpaired) electrons. The first kappa shape index (κ1) is 36.2. The summed E-state index contributed by atoms with van der Waals surface area (Å²) in [5.74, 6) is 0.526. The highest BCUT2D eigenvalue weighted by Gasteiger charge is 2.49. The van der Waals surface area contributed by atoms with Crippen LogP contribution in [-0.2, 0) is 61.2 Å². The van der Waals surface area contributed by atoms with Crippen LogP contribution in [0.1, 0.15) is 116 Å². The summed E-state index contributed by atoms with van der Waals surface area (Å²) in [6.07, 6.45) is 0.144. The predicted molar refractivity (Wildman–Crippen MR) is 180 cm³/mol. The Hall–Kier alpha value is -1.66. The van der Waals surface area contributed by atoms with Crippen molar-refractivity contribution in [3.05, 3.63) is 57.6 Å². The Kier molecular flexibility index (Phi) is 9.48. The molecule has 0 aromatic heterocycles. The molecule has 2 fully saturated rings. The topological polar surface area (TPSA) is 112 Å². The lowest BCUT2D eigenvalue weighted by molar-refractivity contribution is -0.0690. The van der Waals surface area contributed by atoms with Gasteiger partial charge in [-0.3, -0.25) is 9.13 Å². The van der Waals surface area contributed by atoms with Gasteiger partial charge in [0.15, 0.2) is 0 Å². The smallest absolute Gasteiger partial charge is 0.335 e. The van der Waals surface area contributed by atoms with Crippen molar-refractivity contribution in [2.24, 2.45) is 5.41 Å². The molecule has 2 aromatic rings. The highest BCUT2D eigenvalue weighted by Crippen LogP contribution is 2.62. The van der Waals surface area contributed by atoms with E-state index in [0.717, 1.165) is 33.4 Å². The van der Waals surface area contributed by atoms with Gasteiger partial charge in [-0.15, -0.1) is 0 Å². The van der Waals surface area contributed by atoms with E-state index < -0.39 is 20.6 Å². The Labute approximate surface area is 270 Å². The zero-order chi connectivity index (χ0) is 34.0. The Morgan fingerprint density at radius 1 is 0.533 bits per heavy atom. The molecule has 2 heterocycles. The van der Waals surface area contributed by atoms with Crippen LogP contribution in [0.15, 0.2) is 24.3 Å². The molecule has 0 saturated carbocycles. The molecule has 4 rings (SSSR count). The maximum Gasteiger partial charge on any atom is 0.335 e. The van der Waals surface area contributed by atoms with Crippen LogP contribution >= 0.6 is 15.2 Å². The molecule has 252 valence electrons. The number of phenolic OH excluding ortho intramolecular Hbond substituents is 2. The van der Waals surface area contributed by atoms with Gasteiger partial charge in [-0.05, 0) is 55.0 Å². The molecule has 0 aliphatic carbocycles. The van der Waals surface area contributed by atoms with Crippen molar-refractivity contribution >= 4 is 15.2 Å². The predicted octanol–water partition coefficient (Wildman–Crippen LogP) is 9.45. The summed E-state index contributed by atoms with van der Waals surface area (Å²) in [6, 6.07) is 7.57. The van der Waals surface area contributed by atoms with E-state index in [2.05, 4.69) is 0 Å². The standard InChI is InChI=1S/C35H54O8P2/c1-31(2,3)25-13-23(14-26(29(25)36)32(4,5)6)17-44(38)40-19-35(20-41-44)21-42-45(39,43-22-35)18-24-15-27(33(7,8)9)30(37)28(16-24)34(10,11)12/h13-16,36-37H,17-22H2,1-12H3. The first-order valence-electron chi connectivity index (χ1n) is 15.8. The first-order valence-corrected chi connectivity index (χ1v) is 19.2. The molecule has 2 aromatic carbocycles. The number of benzene rings is 2. The van der Waals surface area contributed by atoms with Crippen LogP contribution in [-0.4, -0.2) is 36.6 Å². The van der Waals surface area contributed by atoms with Gasteiger partial charge in [0.05, 0.1) is 44.2 Å². The van der Waals surface area contributed by atoms with E-state index in [4.69, 9.17) is 18.1 Å². The zero-order valence-electron chi connectivity index (χ0n) is 29.3. The molecule has 8 nitrogen and oxygen atoms in total. The van der Waals surface area contributed by atoms with Crippen molar-refractivity contribution in [2.45, 2.75) is 117 Å². The van der Waals surface area contributed by atoms with Crippen molar-refractivity contribution in [2.75, 3.05) is 26.4 Å². The molecule has 2 aliphatic rings. The molecule has 0 bridgehead atoms. The molecule has 2 N–H and O–H groups in total. The van der Waals surface area contributed by atoms with Crippen LogP contribution < -0.4 is 0 Å². The molecular formula is C35H54O8P2. The Bertz CT molecular complexity index is 1320. The fourth-order valence-corrected chi connectivity index (χ4v) is 9.41. The summed E-state index contributed by atoms with van der Waals surface area (Å²) in [7, 11) is -7.02. The summed E-state index contributed by atoms with van der Waals surface area (Å²) in [5, 5.41) is 22.1. The van der Waals surface area contributed by atoms with Crippen LogP contribution in [0.5, 0.6) is 11.5 Å². The minimum absolute atomic E-state index is 0.0722. The lowest BCUT2D eigenvalue weighted by Crippen LogP contribution is -2.45. The molecule has 0 atom stereocenters. The quantitative estimate of drug-likeness (QED) is 0.311. The second kappa shape index (κ2) is 11.8. The van der Waals surface area contributed by atoms with Crippen molar-refractivity contribution < 1.29 is 37.4 Å². The average molecular weight is 665 g/mol. The van der Waals surface area contributed by atoms with Gasteiger partial charge in [0.25, 0.3) is 0 Å². The van der Waals surface area contributed by atoms with Crippen LogP contribution in [0, 0.1) is 5.41 Å². The highest BCUT2D eigenvalue weighted by atomic mass is 31.2. The Morgan fingerprint density at radius 2 is 0.756 bits per heavy atom. The molecule has 45 heavy (non-hydrogen) atoms. The normalized spacial score (nSPS) is 26.8. The highest BCUT2D eigenvalue weighted by molar-refractivity contribution is 7.53. The summed E-state index contributed by atoms with van der Waals surface area (Å²) in [6.45, 7) is 24.8. The third-order valence-electron chi connectivity index (χ3n) is 8.59. The van der Waals surface area contributed by atoms with Gasteiger partial charge in [-0.25, -0.2) is 0 Å². The molecule has 0 amide bonds. The van der Waals surface area contributed by atoms with E-state index in [0.29, 0.717) is 0 Å². The number of hydrogen-bond donors (Lipinski definition) is 2. The maximum atomic E-state index is 13.8. The van der Waals surface area contributed by atoms with Gasteiger partial charge in [-0.2, -0.15) is 0 Å². The van der Waals surface area contributed by atoms with Gasteiger partial charge in [0, 0.05) is 0 Å². The molecular weight excluding hydrogens is 610 g/mol. The summed E-state index contributed by atoms with van der Waals surface area (Å²) < 4.78 is 51.4. The fourth-order valence-electron chi connectivity index (χ4n) is 5.75. The lowest BCUT2D eigenvalue weighted by Gasteiger charge is -2.43. The summed E-state index contributed by atoms with van der Waals surface area (Å²) in [5.41, 5.74) is 2.69. The number of phenols is 2. The fraction of sp³-hybridized carbons (Fsp3) is 0.657. The van der Waals surface area contributed by atoms with Gasteiger partial charge < -0.3 is 28.3 Å². The zero-order valence-corrected chi connectivity index (χ0v) is 31.1. The molecule has 10 heteroatoms. The second-order valence-electron chi connectivity index (χ2n) is 17.2. The summed E-state index contributed by atoms with van der Waals surface area (Å²) >= 11 is 0. The van der Waals surface area contributed by atoms with Crippen molar-refractivity contribution in [3.8, 4) is 11.5 Å². The minimum atomic E-state index is -3.51. The maximum absolute atomic E-state index is 13.8. The van der Waals surface area contributed by atoms with Gasteiger partial charge in [0.1, 0.15) is 11.5 Å². The monoisotopic (exact) mass is 664 g/mol. The van der Waals surface area contributed by atoms with E-state index in [1.54, 1.807) is 0 Å². The van der Waals surface area contributed by atoms with E-state index in [9.17, 15) is 19.3 Å². The Morgan fingerprint density at radius 3 is 0.956 bits per heavy atom. The van der Waals surface area contributed by atoms with Crippen LogP contribution in [0.3, 0.4) is 0 Å². The van der Waals surface area contributed by atoms with Gasteiger partial charge in [0.2, 0.25) is 0 Å². The van der Waals surface area contributed by atoms with E-state index >= 15 is 0 Å². The molecule has 1 spiro atoms. The van der Waals surface area contributed by atoms with Crippen LogP contribution in [0.4, 0.5) is 0 Å². The SMILES string of the molecule is CC(C)(C)c1cc(CP2(=O)OCC3(CO2)COP(=O)(Cc2cc(C(C)(C)C)c(O)c(C(C)(C)C)c2)OC3)cc(C(C)(C)C)c1O. The molecule has 2 saturated heterocycles. The lowest BCUT2D eigenvalue weighted by atomic mass is 9.78. The van der Waals surface area contributed by atoms with E-state index in [1.165, 1.54) is 0 Å². The van der Waals surface area contributed by atoms with Crippen LogP contribution in [0.2, 0.25) is 0 Å². The number of rotatable bonds is 4. The molecule has 0 unspecified atom stereocenters. The largest absolute Gasteiger partial charge is 0.507 e. The van der Waals surface area contributed by atoms with Crippen LogP contribution in [0.25, 0.3) is 0 Å². The average Bonchev–Trinajstić information content (AvgIpc) is 2.87. The van der Waals surface area contributed by atoms with Gasteiger partial charge >= 0.3 is 15.2 Å². The summed E-state index contributed by atoms with van der Waals surface area (Å²) in [4.78, 5) is 0. The number of aromatic hydroxyl groups is 2. The van der Waals surface area contributed by atoms with Crippen molar-refractivity contribution in [1.29, 1.82) is 0 Å². The van der Waals surface area contributed by atoms with E-state index in [1.807, 2.05) is 107 Å². The second-order valence-corrected chi connectivity index (χ2v) is 21.3. The van der Waals surface area contributed by atoms with Crippen molar-refractivity contribution in [3.63, 3.8) is 0 Å².